The summed E-state index contributed by atoms with van der Waals surface area (Å²) < 4.78 is 33.0. The molecule has 2 aromatic heterocycles. The molecule has 0 bridgehead atoms. The van der Waals surface area contributed by atoms with Gasteiger partial charge in [-0.05, 0) is 35.7 Å². The van der Waals surface area contributed by atoms with E-state index >= 15 is 0 Å². The van der Waals surface area contributed by atoms with E-state index in [1.54, 1.807) is 29.7 Å². The molecule has 0 atom stereocenters. The maximum atomic E-state index is 12.7. The number of hydrogen-bond donors (Lipinski definition) is 1. The average Bonchev–Trinajstić information content (AvgIpc) is 3.45. The number of thiazole rings is 1. The topological polar surface area (TPSA) is 80.7 Å². The van der Waals surface area contributed by atoms with Crippen LogP contribution in [0.2, 0.25) is 5.02 Å². The molecule has 0 fully saturated rings. The number of anilines is 1. The van der Waals surface area contributed by atoms with Gasteiger partial charge in [-0.3, -0.25) is 4.72 Å². The van der Waals surface area contributed by atoms with Crippen molar-refractivity contribution in [1.29, 1.82) is 0 Å². The third kappa shape index (κ3) is 5.13. The fraction of sp³-hybridized carbons (Fsp3) is 0.0476. The van der Waals surface area contributed by atoms with Crippen LogP contribution in [0.5, 0.6) is 5.75 Å². The molecule has 2 aromatic carbocycles. The Morgan fingerprint density at radius 1 is 1.13 bits per heavy atom. The van der Waals surface area contributed by atoms with E-state index in [0.29, 0.717) is 21.6 Å². The maximum Gasteiger partial charge on any atom is 0.262 e. The first-order chi connectivity index (χ1) is 14.9. The first-order valence-corrected chi connectivity index (χ1v) is 12.6. The SMILES string of the molecule is COc1cc(S(=O)(=O)Nc2ccc(-c3csc(N=Cc4cccs4)n3)cc2)ccc1Cl. The molecular formula is C21H16ClN3O3S3. The number of aliphatic imine (C=N–C) groups is 1. The molecule has 2 heterocycles. The van der Waals surface area contributed by atoms with Crippen molar-refractivity contribution in [1.82, 2.24) is 4.98 Å². The Balaban J connectivity index is 1.48. The van der Waals surface area contributed by atoms with E-state index < -0.39 is 10.0 Å². The van der Waals surface area contributed by atoms with Gasteiger partial charge in [0.1, 0.15) is 5.75 Å². The molecule has 0 spiro atoms. The van der Waals surface area contributed by atoms with Gasteiger partial charge in [0.15, 0.2) is 0 Å². The largest absolute Gasteiger partial charge is 0.495 e. The van der Waals surface area contributed by atoms with Crippen molar-refractivity contribution in [2.45, 2.75) is 4.90 Å². The maximum absolute atomic E-state index is 12.7. The molecule has 0 radical (unpaired) electrons. The third-order valence-electron chi connectivity index (χ3n) is 4.20. The fourth-order valence-electron chi connectivity index (χ4n) is 2.67. The van der Waals surface area contributed by atoms with Crippen LogP contribution < -0.4 is 9.46 Å². The highest BCUT2D eigenvalue weighted by atomic mass is 35.5. The molecular weight excluding hydrogens is 474 g/mol. The Morgan fingerprint density at radius 3 is 2.65 bits per heavy atom. The van der Waals surface area contributed by atoms with Gasteiger partial charge in [-0.25, -0.2) is 18.4 Å². The summed E-state index contributed by atoms with van der Waals surface area (Å²) in [7, 11) is -2.35. The van der Waals surface area contributed by atoms with Gasteiger partial charge in [0.2, 0.25) is 5.13 Å². The van der Waals surface area contributed by atoms with Gasteiger partial charge in [0, 0.05) is 33.8 Å². The van der Waals surface area contributed by atoms with Gasteiger partial charge in [0.25, 0.3) is 10.0 Å². The monoisotopic (exact) mass is 489 g/mol. The predicted molar refractivity (Wildman–Crippen MR) is 128 cm³/mol. The van der Waals surface area contributed by atoms with Crippen LogP contribution in [-0.4, -0.2) is 26.7 Å². The van der Waals surface area contributed by atoms with Gasteiger partial charge < -0.3 is 4.74 Å². The fourth-order valence-corrected chi connectivity index (χ4v) is 5.19. The van der Waals surface area contributed by atoms with Gasteiger partial charge >= 0.3 is 0 Å². The zero-order chi connectivity index (χ0) is 21.8. The molecule has 0 aliphatic heterocycles. The molecule has 4 rings (SSSR count). The van der Waals surface area contributed by atoms with Crippen LogP contribution in [0.15, 0.2) is 75.2 Å². The highest BCUT2D eigenvalue weighted by molar-refractivity contribution is 7.92. The highest BCUT2D eigenvalue weighted by Gasteiger charge is 2.16. The van der Waals surface area contributed by atoms with Gasteiger partial charge in [-0.15, -0.1) is 22.7 Å². The van der Waals surface area contributed by atoms with Crippen molar-refractivity contribution in [3.8, 4) is 17.0 Å². The summed E-state index contributed by atoms with van der Waals surface area (Å²) in [5.41, 5.74) is 2.08. The zero-order valence-corrected chi connectivity index (χ0v) is 19.4. The van der Waals surface area contributed by atoms with E-state index in [9.17, 15) is 8.42 Å². The zero-order valence-electron chi connectivity index (χ0n) is 16.2. The molecule has 0 saturated heterocycles. The summed E-state index contributed by atoms with van der Waals surface area (Å²) >= 11 is 9.03. The number of aromatic nitrogens is 1. The van der Waals surface area contributed by atoms with E-state index in [1.165, 1.54) is 36.6 Å². The number of methoxy groups -OCH3 is 1. The molecule has 0 aliphatic rings. The van der Waals surface area contributed by atoms with Crippen molar-refractivity contribution >= 4 is 61.3 Å². The van der Waals surface area contributed by atoms with Crippen LogP contribution in [0.25, 0.3) is 11.3 Å². The minimum Gasteiger partial charge on any atom is -0.495 e. The van der Waals surface area contributed by atoms with Crippen LogP contribution in [0.1, 0.15) is 4.88 Å². The number of thiophene rings is 1. The number of sulfonamides is 1. The van der Waals surface area contributed by atoms with Crippen molar-refractivity contribution < 1.29 is 13.2 Å². The van der Waals surface area contributed by atoms with Crippen molar-refractivity contribution in [2.24, 2.45) is 4.99 Å². The van der Waals surface area contributed by atoms with Crippen molar-refractivity contribution in [3.05, 3.63) is 75.3 Å². The normalized spacial score (nSPS) is 11.7. The highest BCUT2D eigenvalue weighted by Crippen LogP contribution is 2.30. The molecule has 0 saturated carbocycles. The van der Waals surface area contributed by atoms with Gasteiger partial charge in [-0.1, -0.05) is 29.8 Å². The average molecular weight is 490 g/mol. The van der Waals surface area contributed by atoms with Gasteiger partial charge in [0.05, 0.1) is 22.7 Å². The predicted octanol–water partition coefficient (Wildman–Crippen LogP) is 6.09. The number of nitrogens with one attached hydrogen (secondary N) is 1. The van der Waals surface area contributed by atoms with Crippen LogP contribution in [0, 0.1) is 0 Å². The number of halogens is 1. The molecule has 4 aromatic rings. The second-order valence-corrected chi connectivity index (χ2v) is 10.2. The number of benzene rings is 2. The van der Waals surface area contributed by atoms with E-state index in [-0.39, 0.29) is 4.90 Å². The lowest BCUT2D eigenvalue weighted by molar-refractivity contribution is 0.413. The van der Waals surface area contributed by atoms with Crippen LogP contribution in [0.4, 0.5) is 10.8 Å². The summed E-state index contributed by atoms with van der Waals surface area (Å²) in [6.45, 7) is 0. The summed E-state index contributed by atoms with van der Waals surface area (Å²) in [5, 5.41) is 4.91. The van der Waals surface area contributed by atoms with Crippen LogP contribution >= 0.6 is 34.3 Å². The molecule has 1 N–H and O–H groups in total. The summed E-state index contributed by atoms with van der Waals surface area (Å²) in [6.07, 6.45) is 1.79. The van der Waals surface area contributed by atoms with Crippen LogP contribution in [0.3, 0.4) is 0 Å². The molecule has 0 unspecified atom stereocenters. The molecule has 10 heteroatoms. The van der Waals surface area contributed by atoms with Crippen molar-refractivity contribution in [2.75, 3.05) is 11.8 Å². The Morgan fingerprint density at radius 2 is 1.94 bits per heavy atom. The number of ether oxygens (including phenoxy) is 1. The standard InChI is InChI=1S/C21H16ClN3O3S3/c1-28-20-11-17(8-9-18(20)22)31(26,27)25-15-6-4-14(5-7-15)19-13-30-21(24-19)23-12-16-3-2-10-29-16/h2-13,25H,1H3. The molecule has 6 nitrogen and oxygen atoms in total. The second kappa shape index (κ2) is 9.19. The third-order valence-corrected chi connectivity index (χ3v) is 7.45. The minimum absolute atomic E-state index is 0.0607. The first kappa shape index (κ1) is 21.5. The van der Waals surface area contributed by atoms with E-state index in [2.05, 4.69) is 14.7 Å². The Kier molecular flexibility index (Phi) is 6.38. The van der Waals surface area contributed by atoms with Gasteiger partial charge in [-0.2, -0.15) is 0 Å². The molecule has 158 valence electrons. The molecule has 0 amide bonds. The lowest BCUT2D eigenvalue weighted by Crippen LogP contribution is -2.13. The molecule has 0 aliphatic carbocycles. The lowest BCUT2D eigenvalue weighted by atomic mass is 10.1. The Bertz CT molecular complexity index is 1320. The Labute approximate surface area is 192 Å². The second-order valence-electron chi connectivity index (χ2n) is 6.27. The van der Waals surface area contributed by atoms with E-state index in [4.69, 9.17) is 16.3 Å². The minimum atomic E-state index is -3.79. The van der Waals surface area contributed by atoms with E-state index in [1.807, 2.05) is 35.0 Å². The smallest absolute Gasteiger partial charge is 0.262 e. The first-order valence-electron chi connectivity index (χ1n) is 8.94. The number of nitrogens with zero attached hydrogens (tertiary/aromatic N) is 2. The summed E-state index contributed by atoms with van der Waals surface area (Å²) in [4.78, 5) is 10.0. The summed E-state index contributed by atoms with van der Waals surface area (Å²) in [6, 6.07) is 15.2. The number of rotatable bonds is 7. The summed E-state index contributed by atoms with van der Waals surface area (Å²) in [5.74, 6) is 0.293. The number of hydrogen-bond acceptors (Lipinski definition) is 7. The van der Waals surface area contributed by atoms with Crippen LogP contribution in [-0.2, 0) is 10.0 Å². The van der Waals surface area contributed by atoms with Crippen molar-refractivity contribution in [3.63, 3.8) is 0 Å². The van der Waals surface area contributed by atoms with E-state index in [0.717, 1.165) is 16.1 Å². The molecule has 31 heavy (non-hydrogen) atoms. The quantitative estimate of drug-likeness (QED) is 0.319. The Hall–Kier alpha value is -2.72. The lowest BCUT2D eigenvalue weighted by Gasteiger charge is -2.10.